The number of carbonyl (C=O) groups is 1. The highest BCUT2D eigenvalue weighted by molar-refractivity contribution is 6.01. The summed E-state index contributed by atoms with van der Waals surface area (Å²) < 4.78 is 11.4. The highest BCUT2D eigenvalue weighted by Gasteiger charge is 2.51. The maximum atomic E-state index is 13.7. The first-order valence-electron chi connectivity index (χ1n) is 10.7. The van der Waals surface area contributed by atoms with Crippen LogP contribution in [0.1, 0.15) is 36.8 Å². The number of nitrogens with zero attached hydrogens (tertiary/aromatic N) is 2. The standard InChI is InChI=1S/C24H28N2O3/c1-18-4-7-20(8-5-18)26-13-3-11-24(23(26)27)10-2-12-25(24)17-19-6-9-21-22(16-19)29-15-14-28-21/h4-9,16H,2-3,10-15,17H2,1H3. The normalized spacial score (nSPS) is 24.3. The molecule has 3 aliphatic heterocycles. The number of ether oxygens (including phenoxy) is 2. The molecule has 0 saturated carbocycles. The number of hydrogen-bond donors (Lipinski definition) is 0. The Morgan fingerprint density at radius 2 is 1.66 bits per heavy atom. The van der Waals surface area contributed by atoms with E-state index in [1.165, 1.54) is 11.1 Å². The Bertz CT molecular complexity index is 911. The first-order valence-corrected chi connectivity index (χ1v) is 10.7. The fraction of sp³-hybridized carbons (Fsp3) is 0.458. The summed E-state index contributed by atoms with van der Waals surface area (Å²) in [6.45, 7) is 5.81. The Hall–Kier alpha value is -2.53. The SMILES string of the molecule is Cc1ccc(N2CCCC3(CCCN3Cc3ccc4c(c3)OCCO4)C2=O)cc1. The molecule has 2 fully saturated rings. The van der Waals surface area contributed by atoms with Crippen molar-refractivity contribution in [2.24, 2.45) is 0 Å². The third-order valence-corrected chi connectivity index (χ3v) is 6.56. The van der Waals surface area contributed by atoms with Gasteiger partial charge in [0.1, 0.15) is 18.8 Å². The molecule has 5 rings (SSSR count). The molecule has 29 heavy (non-hydrogen) atoms. The van der Waals surface area contributed by atoms with Gasteiger partial charge in [-0.05, 0) is 69.0 Å². The Kier molecular flexibility index (Phi) is 4.70. The average molecular weight is 392 g/mol. The van der Waals surface area contributed by atoms with Crippen molar-refractivity contribution in [3.05, 3.63) is 53.6 Å². The minimum absolute atomic E-state index is 0.266. The number of piperidine rings is 1. The van der Waals surface area contributed by atoms with E-state index in [1.807, 2.05) is 11.0 Å². The molecule has 3 aliphatic rings. The van der Waals surface area contributed by atoms with Crippen LogP contribution in [0.15, 0.2) is 42.5 Å². The molecule has 5 nitrogen and oxygen atoms in total. The molecule has 1 amide bonds. The maximum absolute atomic E-state index is 13.7. The number of benzene rings is 2. The van der Waals surface area contributed by atoms with E-state index in [0.29, 0.717) is 13.2 Å². The zero-order valence-electron chi connectivity index (χ0n) is 17.0. The van der Waals surface area contributed by atoms with Crippen molar-refractivity contribution in [1.82, 2.24) is 4.90 Å². The van der Waals surface area contributed by atoms with E-state index >= 15 is 0 Å². The first kappa shape index (κ1) is 18.5. The van der Waals surface area contributed by atoms with Crippen molar-refractivity contribution in [2.75, 3.05) is 31.2 Å². The van der Waals surface area contributed by atoms with Crippen molar-refractivity contribution in [3.8, 4) is 11.5 Å². The minimum atomic E-state index is -0.379. The van der Waals surface area contributed by atoms with Crippen LogP contribution in [0.3, 0.4) is 0 Å². The van der Waals surface area contributed by atoms with E-state index in [1.54, 1.807) is 0 Å². The van der Waals surface area contributed by atoms with Gasteiger partial charge in [0.2, 0.25) is 5.91 Å². The number of hydrogen-bond acceptors (Lipinski definition) is 4. The molecule has 0 aliphatic carbocycles. The van der Waals surface area contributed by atoms with Crippen LogP contribution < -0.4 is 14.4 Å². The molecule has 5 heteroatoms. The van der Waals surface area contributed by atoms with Gasteiger partial charge < -0.3 is 14.4 Å². The highest BCUT2D eigenvalue weighted by atomic mass is 16.6. The molecular formula is C24H28N2O3. The summed E-state index contributed by atoms with van der Waals surface area (Å²) in [5, 5.41) is 0. The van der Waals surface area contributed by atoms with Crippen molar-refractivity contribution in [2.45, 2.75) is 44.7 Å². The second kappa shape index (κ2) is 7.38. The molecule has 3 heterocycles. The van der Waals surface area contributed by atoms with Crippen LogP contribution in [0.5, 0.6) is 11.5 Å². The summed E-state index contributed by atoms with van der Waals surface area (Å²) in [5.41, 5.74) is 3.03. The molecular weight excluding hydrogens is 364 g/mol. The van der Waals surface area contributed by atoms with Crippen LogP contribution in [-0.2, 0) is 11.3 Å². The average Bonchev–Trinajstić information content (AvgIpc) is 3.14. The molecule has 0 aromatic heterocycles. The Morgan fingerprint density at radius 1 is 0.931 bits per heavy atom. The van der Waals surface area contributed by atoms with Gasteiger partial charge in [-0.25, -0.2) is 0 Å². The number of fused-ring (bicyclic) bond motifs is 1. The van der Waals surface area contributed by atoms with Crippen LogP contribution >= 0.6 is 0 Å². The highest BCUT2D eigenvalue weighted by Crippen LogP contribution is 2.41. The zero-order chi connectivity index (χ0) is 19.8. The van der Waals surface area contributed by atoms with Crippen LogP contribution in [-0.4, -0.2) is 42.6 Å². The van der Waals surface area contributed by atoms with Crippen molar-refractivity contribution in [1.29, 1.82) is 0 Å². The summed E-state index contributed by atoms with van der Waals surface area (Å²) in [6.07, 6.45) is 3.99. The number of aryl methyl sites for hydroxylation is 1. The summed E-state index contributed by atoms with van der Waals surface area (Å²) in [5.74, 6) is 1.90. The monoisotopic (exact) mass is 392 g/mol. The van der Waals surface area contributed by atoms with E-state index in [4.69, 9.17) is 9.47 Å². The smallest absolute Gasteiger partial charge is 0.247 e. The summed E-state index contributed by atoms with van der Waals surface area (Å²) in [7, 11) is 0. The molecule has 1 unspecified atom stereocenters. The van der Waals surface area contributed by atoms with E-state index in [0.717, 1.165) is 62.5 Å². The van der Waals surface area contributed by atoms with Gasteiger partial charge in [-0.3, -0.25) is 9.69 Å². The summed E-state index contributed by atoms with van der Waals surface area (Å²) >= 11 is 0. The van der Waals surface area contributed by atoms with Crippen LogP contribution in [0.2, 0.25) is 0 Å². The molecule has 152 valence electrons. The lowest BCUT2D eigenvalue weighted by Gasteiger charge is -2.44. The molecule has 0 N–H and O–H groups in total. The van der Waals surface area contributed by atoms with Crippen molar-refractivity contribution < 1.29 is 14.3 Å². The lowest BCUT2D eigenvalue weighted by Crippen LogP contribution is -2.59. The lowest BCUT2D eigenvalue weighted by atomic mass is 9.84. The van der Waals surface area contributed by atoms with Crippen LogP contribution in [0.4, 0.5) is 5.69 Å². The number of likely N-dealkylation sites (tertiary alicyclic amines) is 1. The van der Waals surface area contributed by atoms with E-state index in [9.17, 15) is 4.79 Å². The Balaban J connectivity index is 1.40. The predicted octanol–water partition coefficient (Wildman–Crippen LogP) is 3.93. The number of carbonyl (C=O) groups excluding carboxylic acids is 1. The lowest BCUT2D eigenvalue weighted by molar-refractivity contribution is -0.131. The van der Waals surface area contributed by atoms with Gasteiger partial charge >= 0.3 is 0 Å². The quantitative estimate of drug-likeness (QED) is 0.794. The van der Waals surface area contributed by atoms with Crippen LogP contribution in [0.25, 0.3) is 0 Å². The van der Waals surface area contributed by atoms with Gasteiger partial charge in [0, 0.05) is 18.8 Å². The molecule has 2 aromatic carbocycles. The fourth-order valence-electron chi connectivity index (χ4n) is 5.06. The van der Waals surface area contributed by atoms with E-state index in [2.05, 4.69) is 48.2 Å². The van der Waals surface area contributed by atoms with Gasteiger partial charge in [-0.2, -0.15) is 0 Å². The fourth-order valence-corrected chi connectivity index (χ4v) is 5.06. The number of anilines is 1. The van der Waals surface area contributed by atoms with Gasteiger partial charge in [0.05, 0.1) is 0 Å². The van der Waals surface area contributed by atoms with Gasteiger partial charge in [0.15, 0.2) is 11.5 Å². The largest absolute Gasteiger partial charge is 0.486 e. The third-order valence-electron chi connectivity index (χ3n) is 6.56. The topological polar surface area (TPSA) is 42.0 Å². The first-order chi connectivity index (χ1) is 14.2. The van der Waals surface area contributed by atoms with Crippen LogP contribution in [0, 0.1) is 6.92 Å². The second-order valence-corrected chi connectivity index (χ2v) is 8.43. The minimum Gasteiger partial charge on any atom is -0.486 e. The third kappa shape index (κ3) is 3.27. The predicted molar refractivity (Wildman–Crippen MR) is 113 cm³/mol. The van der Waals surface area contributed by atoms with E-state index < -0.39 is 0 Å². The molecule has 2 saturated heterocycles. The number of amides is 1. The molecule has 2 aromatic rings. The number of rotatable bonds is 3. The van der Waals surface area contributed by atoms with E-state index in [-0.39, 0.29) is 11.4 Å². The molecule has 0 radical (unpaired) electrons. The molecule has 0 bridgehead atoms. The van der Waals surface area contributed by atoms with Gasteiger partial charge in [-0.1, -0.05) is 23.8 Å². The summed E-state index contributed by atoms with van der Waals surface area (Å²) in [6, 6.07) is 14.5. The molecule has 1 spiro atoms. The Labute approximate surface area is 172 Å². The molecule has 1 atom stereocenters. The van der Waals surface area contributed by atoms with Crippen molar-refractivity contribution >= 4 is 11.6 Å². The van der Waals surface area contributed by atoms with Gasteiger partial charge in [-0.15, -0.1) is 0 Å². The van der Waals surface area contributed by atoms with Gasteiger partial charge in [0.25, 0.3) is 0 Å². The second-order valence-electron chi connectivity index (χ2n) is 8.43. The zero-order valence-corrected chi connectivity index (χ0v) is 17.0. The summed E-state index contributed by atoms with van der Waals surface area (Å²) in [4.78, 5) is 18.1. The Morgan fingerprint density at radius 3 is 2.45 bits per heavy atom. The maximum Gasteiger partial charge on any atom is 0.247 e. The van der Waals surface area contributed by atoms with Crippen molar-refractivity contribution in [3.63, 3.8) is 0 Å².